The Kier molecular flexibility index (Phi) is 3.28. The van der Waals surface area contributed by atoms with Crippen LogP contribution in [0.4, 0.5) is 5.82 Å². The second-order valence-corrected chi connectivity index (χ2v) is 3.12. The molecule has 0 aliphatic rings. The van der Waals surface area contributed by atoms with Gasteiger partial charge in [-0.15, -0.1) is 9.24 Å². The Hall–Kier alpha value is 0.0400. The summed E-state index contributed by atoms with van der Waals surface area (Å²) in [6.45, 7) is 0. The van der Waals surface area contributed by atoms with E-state index in [-0.39, 0.29) is 0 Å². The van der Waals surface area contributed by atoms with Crippen LogP contribution in [0.15, 0.2) is 12.4 Å². The van der Waals surface area contributed by atoms with Gasteiger partial charge in [0.2, 0.25) is 0 Å². The summed E-state index contributed by atoms with van der Waals surface area (Å²) in [5, 5.41) is 3.06. The third kappa shape index (κ3) is 2.34. The normalized spacial score (nSPS) is 9.40. The largest absolute Gasteiger partial charge is 0.367 e. The van der Waals surface area contributed by atoms with Gasteiger partial charge in [0.15, 0.2) is 0 Å². The molecule has 1 unspecified atom stereocenters. The minimum atomic E-state index is 0.813. The Bertz CT molecular complexity index is 218. The molecule has 0 aliphatic carbocycles. The third-order valence-electron chi connectivity index (χ3n) is 0.917. The van der Waals surface area contributed by atoms with Crippen molar-refractivity contribution in [3.8, 4) is 0 Å². The van der Waals surface area contributed by atoms with E-state index in [2.05, 4.69) is 47.1 Å². The summed E-state index contributed by atoms with van der Waals surface area (Å²) in [5.74, 6) is 0.870. The van der Waals surface area contributed by atoms with Crippen molar-refractivity contribution in [1.29, 1.82) is 0 Å². The van der Waals surface area contributed by atoms with E-state index in [1.165, 1.54) is 0 Å². The van der Waals surface area contributed by atoms with E-state index in [0.717, 1.165) is 15.8 Å². The molecule has 1 heterocycles. The van der Waals surface area contributed by atoms with Crippen LogP contribution in [0.25, 0.3) is 0 Å². The standard InChI is InChI=1S/C5H7IN3P/c6-4-1-5(9-3-10)8-2-7-4/h1-2H,3,10H2,(H,7,8,9). The summed E-state index contributed by atoms with van der Waals surface area (Å²) in [4.78, 5) is 7.94. The van der Waals surface area contributed by atoms with E-state index in [0.29, 0.717) is 0 Å². The van der Waals surface area contributed by atoms with Gasteiger partial charge in [-0.1, -0.05) is 0 Å². The maximum atomic E-state index is 3.99. The molecule has 0 bridgehead atoms. The Morgan fingerprint density at radius 3 is 3.00 bits per heavy atom. The number of hydrogen-bond donors (Lipinski definition) is 1. The molecule has 10 heavy (non-hydrogen) atoms. The summed E-state index contributed by atoms with van der Waals surface area (Å²) in [5.41, 5.74) is 0. The number of nitrogens with zero attached hydrogens (tertiary/aromatic N) is 2. The number of hydrogen-bond acceptors (Lipinski definition) is 3. The average molecular weight is 267 g/mol. The Morgan fingerprint density at radius 2 is 2.40 bits per heavy atom. The second kappa shape index (κ2) is 4.03. The predicted molar refractivity (Wildman–Crippen MR) is 52.9 cm³/mol. The minimum absolute atomic E-state index is 0.813. The highest BCUT2D eigenvalue weighted by atomic mass is 127. The molecule has 5 heteroatoms. The van der Waals surface area contributed by atoms with E-state index >= 15 is 0 Å². The molecule has 1 aromatic rings. The third-order valence-corrected chi connectivity index (χ3v) is 1.71. The molecule has 3 nitrogen and oxygen atoms in total. The molecule has 1 N–H and O–H groups in total. The molecule has 0 amide bonds. The van der Waals surface area contributed by atoms with Crippen molar-refractivity contribution in [2.45, 2.75) is 0 Å². The van der Waals surface area contributed by atoms with Gasteiger partial charge in [-0.25, -0.2) is 9.97 Å². The van der Waals surface area contributed by atoms with Crippen molar-refractivity contribution >= 4 is 37.6 Å². The number of aromatic nitrogens is 2. The van der Waals surface area contributed by atoms with Crippen LogP contribution in [0, 0.1) is 3.70 Å². The van der Waals surface area contributed by atoms with Gasteiger partial charge in [0.1, 0.15) is 15.8 Å². The molecule has 0 radical (unpaired) electrons. The lowest BCUT2D eigenvalue weighted by molar-refractivity contribution is 1.13. The van der Waals surface area contributed by atoms with Crippen molar-refractivity contribution in [2.75, 3.05) is 11.6 Å². The lowest BCUT2D eigenvalue weighted by Gasteiger charge is -1.99. The zero-order valence-corrected chi connectivity index (χ0v) is 8.52. The van der Waals surface area contributed by atoms with E-state index in [4.69, 9.17) is 0 Å². The van der Waals surface area contributed by atoms with E-state index < -0.39 is 0 Å². The molecule has 1 rings (SSSR count). The smallest absolute Gasteiger partial charge is 0.130 e. The number of halogens is 1. The second-order valence-electron chi connectivity index (χ2n) is 1.61. The first-order valence-corrected chi connectivity index (χ1v) is 4.64. The molecule has 0 spiro atoms. The molecule has 54 valence electrons. The van der Waals surface area contributed by atoms with Gasteiger partial charge in [0.05, 0.1) is 0 Å². The highest BCUT2D eigenvalue weighted by Gasteiger charge is 1.91. The van der Waals surface area contributed by atoms with Crippen LogP contribution in [0.5, 0.6) is 0 Å². The molecule has 0 aromatic carbocycles. The fraction of sp³-hybridized carbons (Fsp3) is 0.200. The van der Waals surface area contributed by atoms with Crippen LogP contribution in [-0.2, 0) is 0 Å². The highest BCUT2D eigenvalue weighted by Crippen LogP contribution is 2.05. The van der Waals surface area contributed by atoms with Gasteiger partial charge in [-0.05, 0) is 22.6 Å². The number of rotatable bonds is 2. The molecular weight excluding hydrogens is 260 g/mol. The van der Waals surface area contributed by atoms with Crippen molar-refractivity contribution < 1.29 is 0 Å². The summed E-state index contributed by atoms with van der Waals surface area (Å²) >= 11 is 2.15. The minimum Gasteiger partial charge on any atom is -0.367 e. The van der Waals surface area contributed by atoms with Crippen LogP contribution >= 0.6 is 31.8 Å². The van der Waals surface area contributed by atoms with Crippen molar-refractivity contribution in [2.24, 2.45) is 0 Å². The van der Waals surface area contributed by atoms with Crippen LogP contribution < -0.4 is 5.32 Å². The first-order chi connectivity index (χ1) is 4.83. The highest BCUT2D eigenvalue weighted by molar-refractivity contribution is 14.1. The maximum absolute atomic E-state index is 3.99. The SMILES string of the molecule is PCNc1cc(I)ncn1. The van der Waals surface area contributed by atoms with Gasteiger partial charge in [-0.2, -0.15) is 0 Å². The van der Waals surface area contributed by atoms with E-state index in [1.807, 2.05) is 6.07 Å². The van der Waals surface area contributed by atoms with Gasteiger partial charge < -0.3 is 5.32 Å². The maximum Gasteiger partial charge on any atom is 0.130 e. The van der Waals surface area contributed by atoms with Crippen LogP contribution in [0.1, 0.15) is 0 Å². The topological polar surface area (TPSA) is 37.8 Å². The summed E-state index contributed by atoms with van der Waals surface area (Å²) < 4.78 is 0.952. The summed E-state index contributed by atoms with van der Waals surface area (Å²) in [6, 6.07) is 1.89. The fourth-order valence-corrected chi connectivity index (χ4v) is 1.16. The molecule has 1 aromatic heterocycles. The average Bonchev–Trinajstić information content (AvgIpc) is 1.88. The van der Waals surface area contributed by atoms with Crippen LogP contribution in [-0.4, -0.2) is 16.3 Å². The van der Waals surface area contributed by atoms with Crippen molar-refractivity contribution in [1.82, 2.24) is 9.97 Å². The Labute approximate surface area is 75.4 Å². The van der Waals surface area contributed by atoms with Gasteiger partial charge in [0.25, 0.3) is 0 Å². The molecule has 0 fully saturated rings. The van der Waals surface area contributed by atoms with Gasteiger partial charge in [-0.3, -0.25) is 0 Å². The molecule has 1 atom stereocenters. The first-order valence-electron chi connectivity index (χ1n) is 2.74. The molecular formula is C5H7IN3P. The Morgan fingerprint density at radius 1 is 1.60 bits per heavy atom. The monoisotopic (exact) mass is 267 g/mol. The molecule has 0 aliphatic heterocycles. The number of nitrogens with one attached hydrogen (secondary N) is 1. The van der Waals surface area contributed by atoms with E-state index in [9.17, 15) is 0 Å². The van der Waals surface area contributed by atoms with Crippen molar-refractivity contribution in [3.63, 3.8) is 0 Å². The Balaban J connectivity index is 2.75. The van der Waals surface area contributed by atoms with Crippen LogP contribution in [0.2, 0.25) is 0 Å². The lowest BCUT2D eigenvalue weighted by Crippen LogP contribution is -1.97. The predicted octanol–water partition coefficient (Wildman–Crippen LogP) is 1.33. The molecule has 0 saturated heterocycles. The fourth-order valence-electron chi connectivity index (χ4n) is 0.535. The number of anilines is 1. The summed E-state index contributed by atoms with van der Waals surface area (Å²) in [7, 11) is 2.57. The lowest BCUT2D eigenvalue weighted by atomic mass is 10.6. The first kappa shape index (κ1) is 8.14. The van der Waals surface area contributed by atoms with Gasteiger partial charge in [0, 0.05) is 12.4 Å². The van der Waals surface area contributed by atoms with Crippen molar-refractivity contribution in [3.05, 3.63) is 16.1 Å². The van der Waals surface area contributed by atoms with Crippen LogP contribution in [0.3, 0.4) is 0 Å². The molecule has 0 saturated carbocycles. The zero-order valence-electron chi connectivity index (χ0n) is 5.21. The van der Waals surface area contributed by atoms with Gasteiger partial charge >= 0.3 is 0 Å². The zero-order chi connectivity index (χ0) is 7.40. The van der Waals surface area contributed by atoms with E-state index in [1.54, 1.807) is 6.33 Å². The summed E-state index contributed by atoms with van der Waals surface area (Å²) in [6.07, 6.45) is 2.36. The quantitative estimate of drug-likeness (QED) is 0.499.